The highest BCUT2D eigenvalue weighted by molar-refractivity contribution is 5.92. The molecule has 3 N–H and O–H groups in total. The smallest absolute Gasteiger partial charge is 0.238 e. The van der Waals surface area contributed by atoms with Gasteiger partial charge in [-0.1, -0.05) is 6.07 Å². The molecule has 0 aromatic carbocycles. The number of aromatic nitrogens is 2. The van der Waals surface area contributed by atoms with Crippen molar-refractivity contribution in [2.24, 2.45) is 0 Å². The highest BCUT2D eigenvalue weighted by atomic mass is 35.5. The molecular weight excluding hydrogens is 363 g/mol. The number of carbonyl (C=O) groups excluding carboxylic acids is 1. The quantitative estimate of drug-likeness (QED) is 0.833. The van der Waals surface area contributed by atoms with Crippen molar-refractivity contribution in [1.82, 2.24) is 14.9 Å². The molecule has 0 spiro atoms. The van der Waals surface area contributed by atoms with Gasteiger partial charge in [0.05, 0.1) is 18.4 Å². The summed E-state index contributed by atoms with van der Waals surface area (Å²) < 4.78 is 0. The third-order valence-corrected chi connectivity index (χ3v) is 3.78. The van der Waals surface area contributed by atoms with Gasteiger partial charge in [-0.25, -0.2) is 9.97 Å². The van der Waals surface area contributed by atoms with E-state index in [-0.39, 0.29) is 30.7 Å². The molecular formula is C16H22Cl2N6O. The molecule has 1 saturated heterocycles. The Morgan fingerprint density at radius 2 is 1.84 bits per heavy atom. The molecule has 1 aliphatic heterocycles. The van der Waals surface area contributed by atoms with Gasteiger partial charge in [-0.3, -0.25) is 9.69 Å². The first-order valence-corrected chi connectivity index (χ1v) is 7.60. The van der Waals surface area contributed by atoms with Gasteiger partial charge in [0.2, 0.25) is 5.91 Å². The van der Waals surface area contributed by atoms with E-state index in [1.807, 2.05) is 18.2 Å². The van der Waals surface area contributed by atoms with E-state index in [0.29, 0.717) is 18.1 Å². The summed E-state index contributed by atoms with van der Waals surface area (Å²) in [4.78, 5) is 24.8. The summed E-state index contributed by atoms with van der Waals surface area (Å²) in [5.41, 5.74) is 6.19. The minimum absolute atomic E-state index is 0. The predicted molar refractivity (Wildman–Crippen MR) is 105 cm³/mol. The van der Waals surface area contributed by atoms with Crippen LogP contribution in [-0.4, -0.2) is 53.5 Å². The maximum Gasteiger partial charge on any atom is 0.238 e. The van der Waals surface area contributed by atoms with Crippen LogP contribution in [0.4, 0.5) is 17.3 Å². The van der Waals surface area contributed by atoms with Gasteiger partial charge in [0.15, 0.2) is 0 Å². The maximum atomic E-state index is 12.1. The highest BCUT2D eigenvalue weighted by Gasteiger charge is 2.19. The molecule has 25 heavy (non-hydrogen) atoms. The first-order chi connectivity index (χ1) is 11.2. The second-order valence-corrected chi connectivity index (χ2v) is 5.47. The van der Waals surface area contributed by atoms with Gasteiger partial charge in [0.1, 0.15) is 11.6 Å². The van der Waals surface area contributed by atoms with Gasteiger partial charge in [0.25, 0.3) is 0 Å². The van der Waals surface area contributed by atoms with Crippen molar-refractivity contribution in [3.63, 3.8) is 0 Å². The number of nitrogen functional groups attached to an aromatic ring is 1. The van der Waals surface area contributed by atoms with Crippen molar-refractivity contribution in [2.75, 3.05) is 48.7 Å². The van der Waals surface area contributed by atoms with E-state index >= 15 is 0 Å². The SMILES string of the molecule is Cl.Cl.Nc1ccc(NC(=O)CN2CCN(c3ccccn3)CC2)cn1. The standard InChI is InChI=1S/C16H20N6O.2ClH/c17-14-5-4-13(11-19-14)20-16(23)12-21-7-9-22(10-8-21)15-3-1-2-6-18-15;;/h1-6,11H,7-10,12H2,(H2,17,19)(H,20,23);2*1H. The summed E-state index contributed by atoms with van der Waals surface area (Å²) in [7, 11) is 0. The van der Waals surface area contributed by atoms with Gasteiger partial charge in [-0.15, -0.1) is 24.8 Å². The van der Waals surface area contributed by atoms with Crippen LogP contribution >= 0.6 is 24.8 Å². The lowest BCUT2D eigenvalue weighted by atomic mass is 10.3. The summed E-state index contributed by atoms with van der Waals surface area (Å²) in [6.45, 7) is 3.79. The second kappa shape index (κ2) is 10.0. The second-order valence-electron chi connectivity index (χ2n) is 5.47. The summed E-state index contributed by atoms with van der Waals surface area (Å²) in [6.07, 6.45) is 3.36. The Morgan fingerprint density at radius 1 is 1.08 bits per heavy atom. The normalized spacial score (nSPS) is 14.2. The Bertz CT molecular complexity index is 647. The van der Waals surface area contributed by atoms with Crippen LogP contribution in [0, 0.1) is 0 Å². The van der Waals surface area contributed by atoms with Crippen molar-refractivity contribution in [3.05, 3.63) is 42.7 Å². The average molecular weight is 385 g/mol. The van der Waals surface area contributed by atoms with Crippen molar-refractivity contribution in [3.8, 4) is 0 Å². The minimum atomic E-state index is -0.0390. The summed E-state index contributed by atoms with van der Waals surface area (Å²) >= 11 is 0. The van der Waals surface area contributed by atoms with E-state index in [9.17, 15) is 4.79 Å². The number of nitrogens with zero attached hydrogens (tertiary/aromatic N) is 4. The Morgan fingerprint density at radius 3 is 2.44 bits per heavy atom. The number of pyridine rings is 2. The summed E-state index contributed by atoms with van der Waals surface area (Å²) in [5, 5.41) is 2.83. The van der Waals surface area contributed by atoms with Crippen LogP contribution in [0.3, 0.4) is 0 Å². The van der Waals surface area contributed by atoms with Crippen molar-refractivity contribution in [1.29, 1.82) is 0 Å². The molecule has 0 bridgehead atoms. The Balaban J connectivity index is 0.00000156. The molecule has 0 unspecified atom stereocenters. The fraction of sp³-hybridized carbons (Fsp3) is 0.312. The zero-order valence-electron chi connectivity index (χ0n) is 13.7. The largest absolute Gasteiger partial charge is 0.384 e. The molecule has 0 atom stereocenters. The average Bonchev–Trinajstić information content (AvgIpc) is 2.58. The molecule has 136 valence electrons. The van der Waals surface area contributed by atoms with Crippen LogP contribution in [0.5, 0.6) is 0 Å². The predicted octanol–water partition coefficient (Wildman–Crippen LogP) is 1.66. The van der Waals surface area contributed by atoms with Gasteiger partial charge in [-0.05, 0) is 24.3 Å². The molecule has 7 nitrogen and oxygen atoms in total. The number of carbonyl (C=O) groups is 1. The minimum Gasteiger partial charge on any atom is -0.384 e. The molecule has 9 heteroatoms. The summed E-state index contributed by atoms with van der Waals surface area (Å²) in [5.74, 6) is 1.39. The summed E-state index contributed by atoms with van der Waals surface area (Å²) in [6, 6.07) is 9.33. The number of piperazine rings is 1. The van der Waals surface area contributed by atoms with Crippen molar-refractivity contribution >= 4 is 48.0 Å². The number of halogens is 2. The van der Waals surface area contributed by atoms with Gasteiger partial charge in [0, 0.05) is 32.4 Å². The lowest BCUT2D eigenvalue weighted by molar-refractivity contribution is -0.117. The maximum absolute atomic E-state index is 12.1. The number of hydrogen-bond donors (Lipinski definition) is 2. The van der Waals surface area contributed by atoms with E-state index < -0.39 is 0 Å². The van der Waals surface area contributed by atoms with Crippen LogP contribution in [0.2, 0.25) is 0 Å². The number of anilines is 3. The zero-order valence-corrected chi connectivity index (χ0v) is 15.3. The monoisotopic (exact) mass is 384 g/mol. The molecule has 1 aliphatic rings. The zero-order chi connectivity index (χ0) is 16.1. The number of rotatable bonds is 4. The Kier molecular flexibility index (Phi) is 8.40. The molecule has 3 heterocycles. The highest BCUT2D eigenvalue weighted by Crippen LogP contribution is 2.12. The molecule has 2 aromatic heterocycles. The molecule has 0 saturated carbocycles. The van der Waals surface area contributed by atoms with E-state index in [0.717, 1.165) is 32.0 Å². The van der Waals surface area contributed by atoms with Gasteiger partial charge < -0.3 is 16.0 Å². The van der Waals surface area contributed by atoms with Gasteiger partial charge >= 0.3 is 0 Å². The van der Waals surface area contributed by atoms with E-state index in [2.05, 4.69) is 25.1 Å². The van der Waals surface area contributed by atoms with E-state index in [1.165, 1.54) is 0 Å². The first-order valence-electron chi connectivity index (χ1n) is 7.60. The Hall–Kier alpha value is -2.09. The van der Waals surface area contributed by atoms with E-state index in [4.69, 9.17) is 5.73 Å². The third-order valence-electron chi connectivity index (χ3n) is 3.78. The topological polar surface area (TPSA) is 87.4 Å². The number of amides is 1. The molecule has 0 radical (unpaired) electrons. The number of nitrogens with one attached hydrogen (secondary N) is 1. The van der Waals surface area contributed by atoms with Crippen LogP contribution < -0.4 is 16.0 Å². The van der Waals surface area contributed by atoms with E-state index in [1.54, 1.807) is 24.5 Å². The third kappa shape index (κ3) is 6.04. The first kappa shape index (κ1) is 21.0. The molecule has 2 aromatic rings. The van der Waals surface area contributed by atoms with Crippen molar-refractivity contribution in [2.45, 2.75) is 0 Å². The van der Waals surface area contributed by atoms with Crippen molar-refractivity contribution < 1.29 is 4.79 Å². The van der Waals surface area contributed by atoms with Gasteiger partial charge in [-0.2, -0.15) is 0 Å². The van der Waals surface area contributed by atoms with Crippen LogP contribution in [-0.2, 0) is 4.79 Å². The lowest BCUT2D eigenvalue weighted by Crippen LogP contribution is -2.48. The van der Waals surface area contributed by atoms with Crippen LogP contribution in [0.25, 0.3) is 0 Å². The van der Waals surface area contributed by atoms with Crippen LogP contribution in [0.15, 0.2) is 42.7 Å². The Labute approximate surface area is 159 Å². The molecule has 0 aliphatic carbocycles. The fourth-order valence-electron chi connectivity index (χ4n) is 2.56. The van der Waals surface area contributed by atoms with Crippen LogP contribution in [0.1, 0.15) is 0 Å². The molecule has 3 rings (SSSR count). The lowest BCUT2D eigenvalue weighted by Gasteiger charge is -2.34. The number of hydrogen-bond acceptors (Lipinski definition) is 6. The molecule has 1 fully saturated rings. The number of nitrogens with two attached hydrogens (primary N) is 1. The fourth-order valence-corrected chi connectivity index (χ4v) is 2.56. The molecule has 1 amide bonds.